The van der Waals surface area contributed by atoms with Crippen LogP contribution in [-0.4, -0.2) is 28.2 Å². The number of rotatable bonds is 9. The van der Waals surface area contributed by atoms with E-state index in [9.17, 15) is 0 Å². The van der Waals surface area contributed by atoms with Crippen molar-refractivity contribution >= 4 is 98.0 Å². The van der Waals surface area contributed by atoms with Crippen LogP contribution in [0.3, 0.4) is 0 Å². The van der Waals surface area contributed by atoms with E-state index >= 15 is 0 Å². The Bertz CT molecular complexity index is 6690. The third kappa shape index (κ3) is 7.85. The molecule has 0 N–H and O–H groups in total. The monoisotopic (exact) mass is 1240 g/mol. The first kappa shape index (κ1) is 54.3. The van der Waals surface area contributed by atoms with Gasteiger partial charge in [-0.1, -0.05) is 231 Å². The minimum Gasteiger partial charge on any atom is -0.309 e. The average molecular weight is 1250 g/mol. The van der Waals surface area contributed by atoms with Crippen LogP contribution in [0.4, 0.5) is 0 Å². The molecular formula is C92H56N6. The average Bonchev–Trinajstić information content (AvgIpc) is 1.56. The molecule has 15 aromatic carbocycles. The molecule has 5 aromatic heterocycles. The van der Waals surface area contributed by atoms with Crippen LogP contribution < -0.4 is 0 Å². The van der Waals surface area contributed by atoms with Crippen LogP contribution in [0.5, 0.6) is 0 Å². The van der Waals surface area contributed by atoms with E-state index in [4.69, 9.17) is 9.97 Å². The number of para-hydroxylation sites is 6. The lowest BCUT2D eigenvalue weighted by Gasteiger charge is -2.14. The molecule has 0 bridgehead atoms. The highest BCUT2D eigenvalue weighted by Crippen LogP contribution is 2.53. The Labute approximate surface area is 563 Å². The Hall–Kier alpha value is -13.2. The van der Waals surface area contributed by atoms with E-state index in [1.165, 1.54) is 109 Å². The van der Waals surface area contributed by atoms with Gasteiger partial charge < -0.3 is 18.3 Å². The van der Waals surface area contributed by atoms with Crippen molar-refractivity contribution < 1.29 is 0 Å². The van der Waals surface area contributed by atoms with Crippen molar-refractivity contribution in [1.29, 1.82) is 0 Å². The third-order valence-electron chi connectivity index (χ3n) is 20.7. The minimum absolute atomic E-state index is 0.673. The molecule has 1 aliphatic carbocycles. The Kier molecular flexibility index (Phi) is 11.7. The summed E-state index contributed by atoms with van der Waals surface area (Å²) in [6.07, 6.45) is 0. The SMILES string of the molecule is c1ccc(-c2ccc3c4c(cccc24)-c2nc(-c4ccc(-n5c6ccccc6c6c(-c7cccc8c7c7ccccc7n8-c7ccccc7)cccc65)cc4)nc(-c4ccc(-n5c6ccccc6c6c(-c7cccc8c7c7ccccc7n8-c7ccccc7)cccc65)cc4)c2-3)cc1. The van der Waals surface area contributed by atoms with Gasteiger partial charge in [-0.15, -0.1) is 0 Å². The van der Waals surface area contributed by atoms with Gasteiger partial charge in [0.15, 0.2) is 5.82 Å². The van der Waals surface area contributed by atoms with Crippen molar-refractivity contribution in [2.75, 3.05) is 0 Å². The number of fused-ring (bicyclic) bond motifs is 15. The lowest BCUT2D eigenvalue weighted by molar-refractivity contribution is 1.16. The van der Waals surface area contributed by atoms with Crippen LogP contribution in [0.1, 0.15) is 0 Å². The molecule has 1 aliphatic rings. The van der Waals surface area contributed by atoms with Gasteiger partial charge in [-0.25, -0.2) is 9.97 Å². The van der Waals surface area contributed by atoms with Gasteiger partial charge in [-0.05, 0) is 159 Å². The molecule has 21 rings (SSSR count). The van der Waals surface area contributed by atoms with Crippen LogP contribution in [0, 0.1) is 0 Å². The molecule has 0 atom stereocenters. The quantitative estimate of drug-likeness (QED) is 0.145. The molecule has 0 spiro atoms. The summed E-state index contributed by atoms with van der Waals surface area (Å²) in [7, 11) is 0. The van der Waals surface area contributed by atoms with Gasteiger partial charge in [0.1, 0.15) is 0 Å². The topological polar surface area (TPSA) is 45.5 Å². The maximum atomic E-state index is 5.72. The number of hydrogen-bond acceptors (Lipinski definition) is 2. The van der Waals surface area contributed by atoms with Crippen LogP contribution in [0.15, 0.2) is 340 Å². The zero-order valence-electron chi connectivity index (χ0n) is 53.0. The molecule has 6 nitrogen and oxygen atoms in total. The van der Waals surface area contributed by atoms with E-state index in [2.05, 4.69) is 358 Å². The summed E-state index contributed by atoms with van der Waals surface area (Å²) < 4.78 is 9.67. The van der Waals surface area contributed by atoms with E-state index in [1.54, 1.807) is 0 Å². The summed E-state index contributed by atoms with van der Waals surface area (Å²) in [6, 6.07) is 124. The largest absolute Gasteiger partial charge is 0.309 e. The predicted octanol–water partition coefficient (Wildman–Crippen LogP) is 24.0. The fourth-order valence-corrected chi connectivity index (χ4v) is 16.7. The standard InChI is InChI=1S/C92H56N6/c1-4-23-57(24-5-1)64-55-56-74-84-65(64)33-18-38-75(84)91-89(74)90(58-47-51-62(52-48-58)97-78-41-16-12-31-72(78)87-68(36-21-45-82(87)97)66-34-19-43-80-85(66)70-29-10-14-39-76(70)95(80)60-25-6-2-7-26-60)93-92(94-91)59-49-53-63(54-50-59)98-79-42-17-13-32-73(79)88-69(37-22-46-83(88)98)67-35-20-44-81-86(67)71-30-11-15-40-77(71)96(81)61-27-8-3-9-28-61/h1-56H. The molecule has 0 radical (unpaired) electrons. The number of aromatic nitrogens is 6. The lowest BCUT2D eigenvalue weighted by Crippen LogP contribution is -1.99. The zero-order valence-corrected chi connectivity index (χ0v) is 53.0. The number of hydrogen-bond donors (Lipinski definition) is 0. The molecule has 0 amide bonds. The summed E-state index contributed by atoms with van der Waals surface area (Å²) >= 11 is 0. The van der Waals surface area contributed by atoms with Gasteiger partial charge in [-0.2, -0.15) is 0 Å². The van der Waals surface area contributed by atoms with Crippen LogP contribution in [0.25, 0.3) is 199 Å². The molecule has 0 unspecified atom stereocenters. The first-order valence-electron chi connectivity index (χ1n) is 33.6. The zero-order chi connectivity index (χ0) is 64.1. The van der Waals surface area contributed by atoms with Crippen molar-refractivity contribution in [3.63, 3.8) is 0 Å². The van der Waals surface area contributed by atoms with Gasteiger partial charge in [-0.3, -0.25) is 0 Å². The summed E-state index contributed by atoms with van der Waals surface area (Å²) in [5, 5.41) is 12.2. The van der Waals surface area contributed by atoms with E-state index < -0.39 is 0 Å². The Morgan fingerprint density at radius 2 is 0.490 bits per heavy atom. The molecule has 20 aromatic rings. The smallest absolute Gasteiger partial charge is 0.160 e. The van der Waals surface area contributed by atoms with Gasteiger partial charge in [0, 0.05) is 88.1 Å². The second-order valence-corrected chi connectivity index (χ2v) is 25.8. The second kappa shape index (κ2) is 21.2. The van der Waals surface area contributed by atoms with Gasteiger partial charge >= 0.3 is 0 Å². The van der Waals surface area contributed by atoms with Gasteiger partial charge in [0.25, 0.3) is 0 Å². The Morgan fingerprint density at radius 1 is 0.173 bits per heavy atom. The summed E-state index contributed by atoms with van der Waals surface area (Å²) in [4.78, 5) is 11.4. The lowest BCUT2D eigenvalue weighted by atomic mass is 9.93. The fraction of sp³-hybridized carbons (Fsp3) is 0. The molecule has 5 heterocycles. The Balaban J connectivity index is 0.711. The molecule has 0 fully saturated rings. The normalized spacial score (nSPS) is 12.1. The molecule has 0 saturated carbocycles. The highest BCUT2D eigenvalue weighted by molar-refractivity contribution is 6.25. The number of benzene rings is 15. The fourth-order valence-electron chi connectivity index (χ4n) is 16.7. The van der Waals surface area contributed by atoms with Crippen LogP contribution in [0.2, 0.25) is 0 Å². The molecule has 6 heteroatoms. The molecule has 0 saturated heterocycles. The van der Waals surface area contributed by atoms with Gasteiger partial charge in [0.05, 0.1) is 55.5 Å². The van der Waals surface area contributed by atoms with Gasteiger partial charge in [0.2, 0.25) is 0 Å². The maximum absolute atomic E-state index is 5.72. The van der Waals surface area contributed by atoms with Crippen molar-refractivity contribution in [3.05, 3.63) is 340 Å². The summed E-state index contributed by atoms with van der Waals surface area (Å²) in [5.41, 5.74) is 28.0. The first-order chi connectivity index (χ1) is 48.7. The van der Waals surface area contributed by atoms with Crippen LogP contribution in [-0.2, 0) is 0 Å². The van der Waals surface area contributed by atoms with Crippen LogP contribution >= 0.6 is 0 Å². The van der Waals surface area contributed by atoms with Crippen molar-refractivity contribution in [3.8, 4) is 101 Å². The maximum Gasteiger partial charge on any atom is 0.160 e. The highest BCUT2D eigenvalue weighted by Gasteiger charge is 2.31. The van der Waals surface area contributed by atoms with E-state index in [1.807, 2.05) is 0 Å². The highest BCUT2D eigenvalue weighted by atomic mass is 15.0. The molecule has 454 valence electrons. The van der Waals surface area contributed by atoms with E-state index in [0.29, 0.717) is 5.82 Å². The molecule has 0 aliphatic heterocycles. The predicted molar refractivity (Wildman–Crippen MR) is 409 cm³/mol. The molecular weight excluding hydrogens is 1190 g/mol. The summed E-state index contributed by atoms with van der Waals surface area (Å²) in [5.74, 6) is 0.673. The van der Waals surface area contributed by atoms with Crippen molar-refractivity contribution in [1.82, 2.24) is 28.2 Å². The van der Waals surface area contributed by atoms with Crippen molar-refractivity contribution in [2.45, 2.75) is 0 Å². The Morgan fingerprint density at radius 3 is 0.918 bits per heavy atom. The van der Waals surface area contributed by atoms with E-state index in [-0.39, 0.29) is 0 Å². The minimum atomic E-state index is 0.673. The number of nitrogens with zero attached hydrogens (tertiary/aromatic N) is 6. The van der Waals surface area contributed by atoms with Crippen molar-refractivity contribution in [2.24, 2.45) is 0 Å². The third-order valence-corrected chi connectivity index (χ3v) is 20.7. The molecule has 98 heavy (non-hydrogen) atoms. The summed E-state index contributed by atoms with van der Waals surface area (Å²) in [6.45, 7) is 0. The van der Waals surface area contributed by atoms with E-state index in [0.717, 1.165) is 84.0 Å². The second-order valence-electron chi connectivity index (χ2n) is 25.8. The first-order valence-corrected chi connectivity index (χ1v) is 33.6.